The Labute approximate surface area is 164 Å². The molecule has 0 aliphatic heterocycles. The number of halogens is 1. The molecule has 0 radical (unpaired) electrons. The molecule has 0 atom stereocenters. The molecule has 3 aromatic carbocycles. The number of fused-ring (bicyclic) bond motifs is 1. The summed E-state index contributed by atoms with van der Waals surface area (Å²) in [6.45, 7) is 2.61. The van der Waals surface area contributed by atoms with Crippen molar-refractivity contribution in [1.29, 1.82) is 0 Å². The molecule has 0 unspecified atom stereocenters. The van der Waals surface area contributed by atoms with Gasteiger partial charge in [-0.1, -0.05) is 54.6 Å². The minimum absolute atomic E-state index is 0.00408. The summed E-state index contributed by atoms with van der Waals surface area (Å²) in [5.74, 6) is -0.640. The highest BCUT2D eigenvalue weighted by atomic mass is 19.1. The van der Waals surface area contributed by atoms with Gasteiger partial charge in [0.1, 0.15) is 5.82 Å². The minimum atomic E-state index is -0.313. The number of amides is 2. The maximum Gasteiger partial charge on any atom is 0.239 e. The standard InChI is InChI=1S/C23H23FN2O2/c1-2-26(16-22(27)25-15-17-8-11-21(24)12-9-17)23(28)14-18-7-10-19-5-3-4-6-20(19)13-18/h3-13H,2,14-16H2,1H3,(H,25,27). The van der Waals surface area contributed by atoms with Crippen molar-refractivity contribution in [2.75, 3.05) is 13.1 Å². The third-order valence-electron chi connectivity index (χ3n) is 4.64. The van der Waals surface area contributed by atoms with E-state index in [1.165, 1.54) is 17.0 Å². The van der Waals surface area contributed by atoms with Crippen LogP contribution in [0.5, 0.6) is 0 Å². The Morgan fingerprint density at radius 3 is 2.32 bits per heavy atom. The molecule has 3 rings (SSSR count). The number of likely N-dealkylation sites (N-methyl/N-ethyl adjacent to an activating group) is 1. The van der Waals surface area contributed by atoms with Gasteiger partial charge in [-0.15, -0.1) is 0 Å². The lowest BCUT2D eigenvalue weighted by Crippen LogP contribution is -2.41. The molecule has 3 aromatic rings. The second kappa shape index (κ2) is 9.13. The molecule has 0 heterocycles. The topological polar surface area (TPSA) is 49.4 Å². The average Bonchev–Trinajstić information content (AvgIpc) is 2.71. The maximum atomic E-state index is 12.9. The van der Waals surface area contributed by atoms with Gasteiger partial charge in [0.05, 0.1) is 13.0 Å². The number of nitrogens with zero attached hydrogens (tertiary/aromatic N) is 1. The van der Waals surface area contributed by atoms with Crippen LogP contribution in [-0.4, -0.2) is 29.8 Å². The Kier molecular flexibility index (Phi) is 6.37. The van der Waals surface area contributed by atoms with Gasteiger partial charge < -0.3 is 10.2 Å². The van der Waals surface area contributed by atoms with Gasteiger partial charge in [-0.05, 0) is 41.0 Å². The van der Waals surface area contributed by atoms with E-state index in [1.807, 2.05) is 49.4 Å². The van der Waals surface area contributed by atoms with E-state index in [1.54, 1.807) is 12.1 Å². The fraction of sp³-hybridized carbons (Fsp3) is 0.217. The number of hydrogen-bond acceptors (Lipinski definition) is 2. The molecule has 0 aliphatic rings. The number of carbonyl (C=O) groups is 2. The van der Waals surface area contributed by atoms with E-state index in [9.17, 15) is 14.0 Å². The predicted octanol–water partition coefficient (Wildman–Crippen LogP) is 3.69. The van der Waals surface area contributed by atoms with E-state index in [4.69, 9.17) is 0 Å². The largest absolute Gasteiger partial charge is 0.350 e. The van der Waals surface area contributed by atoms with Crippen LogP contribution in [0.15, 0.2) is 66.7 Å². The molecule has 5 heteroatoms. The molecule has 1 N–H and O–H groups in total. The number of carbonyl (C=O) groups excluding carboxylic acids is 2. The van der Waals surface area contributed by atoms with Gasteiger partial charge in [0, 0.05) is 13.1 Å². The summed E-state index contributed by atoms with van der Waals surface area (Å²) >= 11 is 0. The van der Waals surface area contributed by atoms with E-state index in [-0.39, 0.29) is 30.6 Å². The molecule has 0 aromatic heterocycles. The summed E-state index contributed by atoms with van der Waals surface area (Å²) in [5.41, 5.74) is 1.73. The molecule has 0 fully saturated rings. The summed E-state index contributed by atoms with van der Waals surface area (Å²) < 4.78 is 12.9. The van der Waals surface area contributed by atoms with Crippen LogP contribution in [0.2, 0.25) is 0 Å². The zero-order chi connectivity index (χ0) is 19.9. The van der Waals surface area contributed by atoms with Crippen LogP contribution in [0.25, 0.3) is 10.8 Å². The van der Waals surface area contributed by atoms with Crippen molar-refractivity contribution < 1.29 is 14.0 Å². The Hall–Kier alpha value is -3.21. The van der Waals surface area contributed by atoms with Crippen LogP contribution in [-0.2, 0) is 22.6 Å². The molecular weight excluding hydrogens is 355 g/mol. The SMILES string of the molecule is CCN(CC(=O)NCc1ccc(F)cc1)C(=O)Cc1ccc2ccccc2c1. The van der Waals surface area contributed by atoms with Gasteiger partial charge in [0.25, 0.3) is 0 Å². The van der Waals surface area contributed by atoms with E-state index < -0.39 is 0 Å². The summed E-state index contributed by atoms with van der Waals surface area (Å²) in [5, 5.41) is 4.99. The molecule has 0 saturated heterocycles. The smallest absolute Gasteiger partial charge is 0.239 e. The van der Waals surface area contributed by atoms with E-state index >= 15 is 0 Å². The molecule has 144 valence electrons. The lowest BCUT2D eigenvalue weighted by atomic mass is 10.0. The number of nitrogens with one attached hydrogen (secondary N) is 1. The van der Waals surface area contributed by atoms with Crippen molar-refractivity contribution in [2.45, 2.75) is 19.9 Å². The molecule has 0 spiro atoms. The van der Waals surface area contributed by atoms with Gasteiger partial charge in [0.2, 0.25) is 11.8 Å². The lowest BCUT2D eigenvalue weighted by molar-refractivity contribution is -0.135. The van der Waals surface area contributed by atoms with Crippen LogP contribution in [0.1, 0.15) is 18.1 Å². The van der Waals surface area contributed by atoms with Crippen molar-refractivity contribution in [2.24, 2.45) is 0 Å². The zero-order valence-electron chi connectivity index (χ0n) is 15.8. The van der Waals surface area contributed by atoms with Gasteiger partial charge in [-0.3, -0.25) is 9.59 Å². The number of rotatable bonds is 7. The number of benzene rings is 3. The minimum Gasteiger partial charge on any atom is -0.350 e. The van der Waals surface area contributed by atoms with Crippen molar-refractivity contribution in [3.8, 4) is 0 Å². The van der Waals surface area contributed by atoms with Crippen LogP contribution >= 0.6 is 0 Å². The fourth-order valence-electron chi connectivity index (χ4n) is 3.04. The summed E-state index contributed by atoms with van der Waals surface area (Å²) in [4.78, 5) is 26.4. The van der Waals surface area contributed by atoms with Gasteiger partial charge in [-0.25, -0.2) is 4.39 Å². The molecule has 2 amide bonds. The van der Waals surface area contributed by atoms with E-state index in [0.29, 0.717) is 13.1 Å². The first-order valence-electron chi connectivity index (χ1n) is 9.31. The van der Waals surface area contributed by atoms with Crippen LogP contribution < -0.4 is 5.32 Å². The van der Waals surface area contributed by atoms with Crippen LogP contribution in [0.3, 0.4) is 0 Å². The van der Waals surface area contributed by atoms with Crippen molar-refractivity contribution in [1.82, 2.24) is 10.2 Å². The van der Waals surface area contributed by atoms with Crippen LogP contribution in [0, 0.1) is 5.82 Å². The van der Waals surface area contributed by atoms with Gasteiger partial charge in [-0.2, -0.15) is 0 Å². The van der Waals surface area contributed by atoms with E-state index in [0.717, 1.165) is 21.9 Å². The molecule has 28 heavy (non-hydrogen) atoms. The molecule has 0 aliphatic carbocycles. The maximum absolute atomic E-state index is 12.9. The van der Waals surface area contributed by atoms with Crippen molar-refractivity contribution in [3.05, 3.63) is 83.7 Å². The molecule has 0 bridgehead atoms. The Morgan fingerprint density at radius 1 is 0.929 bits per heavy atom. The Morgan fingerprint density at radius 2 is 1.61 bits per heavy atom. The molecule has 0 saturated carbocycles. The van der Waals surface area contributed by atoms with Gasteiger partial charge >= 0.3 is 0 Å². The summed E-state index contributed by atoms with van der Waals surface area (Å²) in [7, 11) is 0. The quantitative estimate of drug-likeness (QED) is 0.682. The average molecular weight is 378 g/mol. The van der Waals surface area contributed by atoms with Gasteiger partial charge in [0.15, 0.2) is 0 Å². The third-order valence-corrected chi connectivity index (χ3v) is 4.64. The second-order valence-corrected chi connectivity index (χ2v) is 6.67. The van der Waals surface area contributed by atoms with Crippen LogP contribution in [0.4, 0.5) is 4.39 Å². The third kappa shape index (κ3) is 5.16. The molecular formula is C23H23FN2O2. The number of hydrogen-bond donors (Lipinski definition) is 1. The Bertz CT molecular complexity index is 970. The summed E-state index contributed by atoms with van der Waals surface area (Å²) in [6.07, 6.45) is 0.254. The highest BCUT2D eigenvalue weighted by Gasteiger charge is 2.16. The fourth-order valence-corrected chi connectivity index (χ4v) is 3.04. The monoisotopic (exact) mass is 378 g/mol. The van der Waals surface area contributed by atoms with E-state index in [2.05, 4.69) is 5.32 Å². The molecule has 4 nitrogen and oxygen atoms in total. The first kappa shape index (κ1) is 19.5. The first-order valence-corrected chi connectivity index (χ1v) is 9.31. The van der Waals surface area contributed by atoms with Crippen molar-refractivity contribution >= 4 is 22.6 Å². The lowest BCUT2D eigenvalue weighted by Gasteiger charge is -2.20. The normalized spacial score (nSPS) is 10.6. The zero-order valence-corrected chi connectivity index (χ0v) is 15.8. The second-order valence-electron chi connectivity index (χ2n) is 6.67. The predicted molar refractivity (Wildman–Crippen MR) is 108 cm³/mol. The highest BCUT2D eigenvalue weighted by Crippen LogP contribution is 2.16. The highest BCUT2D eigenvalue weighted by molar-refractivity contribution is 5.87. The van der Waals surface area contributed by atoms with Crippen molar-refractivity contribution in [3.63, 3.8) is 0 Å². The first-order chi connectivity index (χ1) is 13.5. The Balaban J connectivity index is 1.56. The summed E-state index contributed by atoms with van der Waals surface area (Å²) in [6, 6.07) is 19.9.